The lowest BCUT2D eigenvalue weighted by atomic mass is 9.67. The first-order valence-electron chi connectivity index (χ1n) is 10.1. The molecule has 2 fully saturated rings. The van der Waals surface area contributed by atoms with E-state index in [0.717, 1.165) is 58.4 Å². The zero-order chi connectivity index (χ0) is 19.0. The molecule has 0 unspecified atom stereocenters. The van der Waals surface area contributed by atoms with Crippen molar-refractivity contribution in [3.8, 4) is 0 Å². The molecule has 0 amide bonds. The summed E-state index contributed by atoms with van der Waals surface area (Å²) in [4.78, 5) is 6.75. The van der Waals surface area contributed by atoms with Crippen molar-refractivity contribution in [2.45, 2.75) is 32.2 Å². The number of benzene rings is 1. The normalized spacial score (nSPS) is 18.8. The third-order valence-electron chi connectivity index (χ3n) is 5.88. The fourth-order valence-corrected chi connectivity index (χ4v) is 3.83. The molecule has 0 aromatic heterocycles. The fraction of sp³-hybridized carbons (Fsp3) is 0.667. The maximum Gasteiger partial charge on any atom is 0.191 e. The Morgan fingerprint density at radius 1 is 1.18 bits per heavy atom. The standard InChI is InChI=1S/C21H34N4O2.HI/c1-22-20(24-17-21(8-3-9-21)10-13-26-2)23-16-18-4-6-19(7-5-18)25-11-14-27-15-12-25;/h4-7H,3,8-17H2,1-2H3,(H2,22,23,24);1H. The van der Waals surface area contributed by atoms with Gasteiger partial charge in [0.2, 0.25) is 0 Å². The summed E-state index contributed by atoms with van der Waals surface area (Å²) in [7, 11) is 3.62. The summed E-state index contributed by atoms with van der Waals surface area (Å²) in [5.74, 6) is 0.871. The summed E-state index contributed by atoms with van der Waals surface area (Å²) in [6, 6.07) is 8.79. The number of anilines is 1. The van der Waals surface area contributed by atoms with Crippen molar-refractivity contribution in [1.29, 1.82) is 0 Å². The first-order valence-corrected chi connectivity index (χ1v) is 10.1. The van der Waals surface area contributed by atoms with Gasteiger partial charge in [0.05, 0.1) is 13.2 Å². The smallest absolute Gasteiger partial charge is 0.191 e. The Kier molecular flexibility index (Phi) is 9.81. The third kappa shape index (κ3) is 6.49. The maximum atomic E-state index is 5.42. The molecule has 0 spiro atoms. The highest BCUT2D eigenvalue weighted by atomic mass is 127. The Bertz CT molecular complexity index is 599. The zero-order valence-electron chi connectivity index (χ0n) is 17.2. The van der Waals surface area contributed by atoms with Gasteiger partial charge in [0.1, 0.15) is 0 Å². The second-order valence-corrected chi connectivity index (χ2v) is 7.64. The van der Waals surface area contributed by atoms with Crippen LogP contribution in [0.4, 0.5) is 5.69 Å². The van der Waals surface area contributed by atoms with Crippen LogP contribution < -0.4 is 15.5 Å². The quantitative estimate of drug-likeness (QED) is 0.325. The van der Waals surface area contributed by atoms with E-state index in [0.29, 0.717) is 5.41 Å². The van der Waals surface area contributed by atoms with Gasteiger partial charge in [-0.15, -0.1) is 24.0 Å². The van der Waals surface area contributed by atoms with Crippen LogP contribution in [0.1, 0.15) is 31.2 Å². The molecule has 1 saturated carbocycles. The molecule has 1 aliphatic heterocycles. The van der Waals surface area contributed by atoms with Crippen molar-refractivity contribution >= 4 is 35.6 Å². The van der Waals surface area contributed by atoms with Gasteiger partial charge < -0.3 is 25.0 Å². The van der Waals surface area contributed by atoms with Crippen LogP contribution in [0.5, 0.6) is 0 Å². The molecule has 158 valence electrons. The van der Waals surface area contributed by atoms with E-state index in [1.165, 1.54) is 30.5 Å². The number of hydrogen-bond donors (Lipinski definition) is 2. The predicted octanol–water partition coefficient (Wildman–Crippen LogP) is 3.01. The van der Waals surface area contributed by atoms with Crippen molar-refractivity contribution in [2.24, 2.45) is 10.4 Å². The summed E-state index contributed by atoms with van der Waals surface area (Å²) < 4.78 is 10.7. The van der Waals surface area contributed by atoms with Crippen LogP contribution in [-0.2, 0) is 16.0 Å². The fourth-order valence-electron chi connectivity index (χ4n) is 3.83. The van der Waals surface area contributed by atoms with E-state index in [1.807, 2.05) is 7.05 Å². The molecule has 3 rings (SSSR count). The SMILES string of the molecule is CN=C(NCc1ccc(N2CCOCC2)cc1)NCC1(CCOC)CCC1.I. The average Bonchev–Trinajstić information content (AvgIpc) is 2.70. The second kappa shape index (κ2) is 11.8. The number of methoxy groups -OCH3 is 1. The second-order valence-electron chi connectivity index (χ2n) is 7.64. The molecule has 28 heavy (non-hydrogen) atoms. The molecule has 1 heterocycles. The molecular formula is C21H35IN4O2. The third-order valence-corrected chi connectivity index (χ3v) is 5.88. The van der Waals surface area contributed by atoms with Crippen molar-refractivity contribution < 1.29 is 9.47 Å². The van der Waals surface area contributed by atoms with E-state index in [-0.39, 0.29) is 24.0 Å². The van der Waals surface area contributed by atoms with Crippen LogP contribution in [0.15, 0.2) is 29.3 Å². The van der Waals surface area contributed by atoms with Crippen LogP contribution in [0, 0.1) is 5.41 Å². The predicted molar refractivity (Wildman–Crippen MR) is 126 cm³/mol. The number of morpholine rings is 1. The van der Waals surface area contributed by atoms with Gasteiger partial charge in [-0.05, 0) is 42.4 Å². The molecule has 6 nitrogen and oxygen atoms in total. The number of nitrogens with one attached hydrogen (secondary N) is 2. The Hall–Kier alpha value is -1.06. The molecule has 1 aromatic rings. The van der Waals surface area contributed by atoms with Crippen molar-refractivity contribution in [3.63, 3.8) is 0 Å². The van der Waals surface area contributed by atoms with Crippen LogP contribution >= 0.6 is 24.0 Å². The summed E-state index contributed by atoms with van der Waals surface area (Å²) in [5.41, 5.74) is 2.91. The molecule has 1 aliphatic carbocycles. The highest BCUT2D eigenvalue weighted by Crippen LogP contribution is 2.43. The lowest BCUT2D eigenvalue weighted by molar-refractivity contribution is 0.0732. The van der Waals surface area contributed by atoms with Crippen LogP contribution in [-0.4, -0.2) is 59.6 Å². The first-order chi connectivity index (χ1) is 13.2. The molecule has 0 bridgehead atoms. The lowest BCUT2D eigenvalue weighted by Crippen LogP contribution is -2.46. The zero-order valence-corrected chi connectivity index (χ0v) is 19.5. The minimum absolute atomic E-state index is 0. The Morgan fingerprint density at radius 2 is 1.89 bits per heavy atom. The number of hydrogen-bond acceptors (Lipinski definition) is 4. The van der Waals surface area contributed by atoms with Gasteiger partial charge in [0.15, 0.2) is 5.96 Å². The van der Waals surface area contributed by atoms with Gasteiger partial charge in [-0.2, -0.15) is 0 Å². The van der Waals surface area contributed by atoms with Crippen LogP contribution in [0.2, 0.25) is 0 Å². The largest absolute Gasteiger partial charge is 0.385 e. The van der Waals surface area contributed by atoms with Crippen molar-refractivity contribution in [3.05, 3.63) is 29.8 Å². The molecule has 1 saturated heterocycles. The van der Waals surface area contributed by atoms with Crippen LogP contribution in [0.25, 0.3) is 0 Å². The van der Waals surface area contributed by atoms with Gasteiger partial charge in [-0.1, -0.05) is 18.6 Å². The topological polar surface area (TPSA) is 58.1 Å². The molecule has 0 atom stereocenters. The van der Waals surface area contributed by atoms with Crippen LogP contribution in [0.3, 0.4) is 0 Å². The molecule has 1 aromatic carbocycles. The van der Waals surface area contributed by atoms with E-state index in [1.54, 1.807) is 7.11 Å². The van der Waals surface area contributed by atoms with E-state index in [2.05, 4.69) is 44.8 Å². The molecular weight excluding hydrogens is 467 g/mol. The highest BCUT2D eigenvalue weighted by Gasteiger charge is 2.36. The van der Waals surface area contributed by atoms with Gasteiger partial charge >= 0.3 is 0 Å². The molecule has 2 N–H and O–H groups in total. The minimum Gasteiger partial charge on any atom is -0.385 e. The summed E-state index contributed by atoms with van der Waals surface area (Å²) in [5, 5.41) is 6.95. The minimum atomic E-state index is 0. The molecule has 0 radical (unpaired) electrons. The summed E-state index contributed by atoms with van der Waals surface area (Å²) in [6.07, 6.45) is 5.01. The van der Waals surface area contributed by atoms with Gasteiger partial charge in [-0.25, -0.2) is 0 Å². The maximum absolute atomic E-state index is 5.42. The Balaban J connectivity index is 0.00000280. The highest BCUT2D eigenvalue weighted by molar-refractivity contribution is 14.0. The van der Waals surface area contributed by atoms with Gasteiger partial charge in [-0.3, -0.25) is 4.99 Å². The van der Waals surface area contributed by atoms with Gasteiger partial charge in [0.25, 0.3) is 0 Å². The number of nitrogens with zero attached hydrogens (tertiary/aromatic N) is 2. The summed E-state index contributed by atoms with van der Waals surface area (Å²) >= 11 is 0. The number of rotatable bonds is 8. The Labute approximate surface area is 186 Å². The van der Waals surface area contributed by atoms with E-state index in [9.17, 15) is 0 Å². The summed E-state index contributed by atoms with van der Waals surface area (Å²) in [6.45, 7) is 6.15. The molecule has 2 aliphatic rings. The van der Waals surface area contributed by atoms with Gasteiger partial charge in [0, 0.05) is 52.6 Å². The number of guanidine groups is 1. The number of ether oxygens (including phenoxy) is 2. The Morgan fingerprint density at radius 3 is 2.46 bits per heavy atom. The molecule has 7 heteroatoms. The monoisotopic (exact) mass is 502 g/mol. The van der Waals surface area contributed by atoms with E-state index in [4.69, 9.17) is 9.47 Å². The van der Waals surface area contributed by atoms with Crippen molar-refractivity contribution in [1.82, 2.24) is 10.6 Å². The average molecular weight is 502 g/mol. The van der Waals surface area contributed by atoms with E-state index < -0.39 is 0 Å². The number of halogens is 1. The van der Waals surface area contributed by atoms with E-state index >= 15 is 0 Å². The number of aliphatic imine (C=N–C) groups is 1. The lowest BCUT2D eigenvalue weighted by Gasteiger charge is -2.42. The van der Waals surface area contributed by atoms with Crippen molar-refractivity contribution in [2.75, 3.05) is 58.5 Å². The first kappa shape index (κ1) is 23.2.